The summed E-state index contributed by atoms with van der Waals surface area (Å²) in [5.41, 5.74) is 0.780. The van der Waals surface area contributed by atoms with E-state index in [9.17, 15) is 9.59 Å². The van der Waals surface area contributed by atoms with E-state index >= 15 is 0 Å². The zero-order valence-corrected chi connectivity index (χ0v) is 12.9. The Morgan fingerprint density at radius 2 is 2.39 bits per heavy atom. The quantitative estimate of drug-likeness (QED) is 0.824. The standard InChI is InChI=1S/C16H21N3O4/c20-15(19-7-6-17-16(19)21)10-18-12-3-1-4-13(9-12)23-11-14-5-2-8-22-14/h1,3-4,9,14,18H,2,5-8,10-11H2,(H,17,21)/t14-/m0/s1. The highest BCUT2D eigenvalue weighted by atomic mass is 16.5. The van der Waals surface area contributed by atoms with Gasteiger partial charge in [-0.25, -0.2) is 4.79 Å². The molecule has 2 heterocycles. The van der Waals surface area contributed by atoms with Crippen LogP contribution in [-0.4, -0.2) is 55.8 Å². The van der Waals surface area contributed by atoms with Crippen LogP contribution in [0.5, 0.6) is 5.75 Å². The van der Waals surface area contributed by atoms with E-state index in [0.717, 1.165) is 30.9 Å². The number of carbonyl (C=O) groups is 2. The molecule has 23 heavy (non-hydrogen) atoms. The lowest BCUT2D eigenvalue weighted by Crippen LogP contribution is -2.37. The van der Waals surface area contributed by atoms with Crippen molar-refractivity contribution < 1.29 is 19.1 Å². The number of urea groups is 1. The summed E-state index contributed by atoms with van der Waals surface area (Å²) in [4.78, 5) is 24.6. The van der Waals surface area contributed by atoms with Crippen LogP contribution in [0, 0.1) is 0 Å². The normalized spacial score (nSPS) is 20.4. The second-order valence-corrected chi connectivity index (χ2v) is 5.60. The molecule has 2 fully saturated rings. The van der Waals surface area contributed by atoms with Crippen molar-refractivity contribution in [1.29, 1.82) is 0 Å². The van der Waals surface area contributed by atoms with Gasteiger partial charge >= 0.3 is 6.03 Å². The molecule has 0 radical (unpaired) electrons. The van der Waals surface area contributed by atoms with Crippen LogP contribution in [0.15, 0.2) is 24.3 Å². The minimum atomic E-state index is -0.328. The summed E-state index contributed by atoms with van der Waals surface area (Å²) in [7, 11) is 0. The average Bonchev–Trinajstić information content (AvgIpc) is 3.22. The number of benzene rings is 1. The topological polar surface area (TPSA) is 79.9 Å². The van der Waals surface area contributed by atoms with Gasteiger partial charge in [-0.15, -0.1) is 0 Å². The molecular formula is C16H21N3O4. The fourth-order valence-corrected chi connectivity index (χ4v) is 2.64. The Hall–Kier alpha value is -2.28. The number of carbonyl (C=O) groups excluding carboxylic acids is 2. The number of rotatable bonds is 6. The number of amides is 3. The summed E-state index contributed by atoms with van der Waals surface area (Å²) in [6, 6.07) is 7.10. The largest absolute Gasteiger partial charge is 0.491 e. The first-order valence-corrected chi connectivity index (χ1v) is 7.89. The van der Waals surface area contributed by atoms with E-state index in [1.54, 1.807) is 0 Å². The van der Waals surface area contributed by atoms with E-state index in [1.165, 1.54) is 4.90 Å². The van der Waals surface area contributed by atoms with Crippen LogP contribution in [0.25, 0.3) is 0 Å². The molecule has 0 aromatic heterocycles. The van der Waals surface area contributed by atoms with Gasteiger partial charge in [-0.05, 0) is 25.0 Å². The van der Waals surface area contributed by atoms with Gasteiger partial charge in [0.1, 0.15) is 12.4 Å². The monoisotopic (exact) mass is 319 g/mol. The predicted molar refractivity (Wildman–Crippen MR) is 84.5 cm³/mol. The average molecular weight is 319 g/mol. The molecule has 0 aliphatic carbocycles. The summed E-state index contributed by atoms with van der Waals surface area (Å²) in [5.74, 6) is 0.488. The Kier molecular flexibility index (Phi) is 4.97. The van der Waals surface area contributed by atoms with Gasteiger partial charge in [0.25, 0.3) is 0 Å². The summed E-state index contributed by atoms with van der Waals surface area (Å²) in [6.45, 7) is 2.35. The van der Waals surface area contributed by atoms with Gasteiger partial charge in [0, 0.05) is 31.5 Å². The smallest absolute Gasteiger partial charge is 0.324 e. The number of nitrogens with one attached hydrogen (secondary N) is 2. The fraction of sp³-hybridized carbons (Fsp3) is 0.500. The summed E-state index contributed by atoms with van der Waals surface area (Å²) >= 11 is 0. The third-order valence-electron chi connectivity index (χ3n) is 3.90. The molecule has 2 N–H and O–H groups in total. The van der Waals surface area contributed by atoms with Gasteiger partial charge in [0.15, 0.2) is 0 Å². The molecule has 3 amide bonds. The van der Waals surface area contributed by atoms with Crippen molar-refractivity contribution in [1.82, 2.24) is 10.2 Å². The Balaban J connectivity index is 1.48. The van der Waals surface area contributed by atoms with Crippen molar-refractivity contribution in [2.75, 3.05) is 38.2 Å². The van der Waals surface area contributed by atoms with Gasteiger partial charge in [-0.3, -0.25) is 9.69 Å². The highest BCUT2D eigenvalue weighted by Gasteiger charge is 2.25. The second-order valence-electron chi connectivity index (χ2n) is 5.60. The molecule has 0 unspecified atom stereocenters. The van der Waals surface area contributed by atoms with Crippen LogP contribution in [0.4, 0.5) is 10.5 Å². The van der Waals surface area contributed by atoms with E-state index in [1.807, 2.05) is 24.3 Å². The third kappa shape index (κ3) is 4.13. The maximum absolute atomic E-state index is 12.0. The fourth-order valence-electron chi connectivity index (χ4n) is 2.64. The Morgan fingerprint density at radius 1 is 1.48 bits per heavy atom. The maximum Gasteiger partial charge on any atom is 0.324 e. The highest BCUT2D eigenvalue weighted by Crippen LogP contribution is 2.19. The van der Waals surface area contributed by atoms with Crippen LogP contribution in [-0.2, 0) is 9.53 Å². The van der Waals surface area contributed by atoms with E-state index in [4.69, 9.17) is 9.47 Å². The summed E-state index contributed by atoms with van der Waals surface area (Å²) < 4.78 is 11.3. The number of imide groups is 1. The first-order valence-electron chi connectivity index (χ1n) is 7.89. The Labute approximate surface area is 134 Å². The highest BCUT2D eigenvalue weighted by molar-refractivity contribution is 5.97. The van der Waals surface area contributed by atoms with Crippen molar-refractivity contribution in [3.63, 3.8) is 0 Å². The molecule has 7 nitrogen and oxygen atoms in total. The molecule has 1 atom stereocenters. The number of anilines is 1. The van der Waals surface area contributed by atoms with Gasteiger partial charge in [0.2, 0.25) is 5.91 Å². The zero-order valence-electron chi connectivity index (χ0n) is 12.9. The van der Waals surface area contributed by atoms with Crippen molar-refractivity contribution in [2.24, 2.45) is 0 Å². The Bertz CT molecular complexity index is 572. The number of nitrogens with zero attached hydrogens (tertiary/aromatic N) is 1. The molecule has 7 heteroatoms. The molecule has 1 aromatic rings. The first kappa shape index (κ1) is 15.6. The lowest BCUT2D eigenvalue weighted by atomic mass is 10.2. The molecule has 2 aliphatic rings. The van der Waals surface area contributed by atoms with Crippen molar-refractivity contribution in [3.05, 3.63) is 24.3 Å². The van der Waals surface area contributed by atoms with Gasteiger partial charge in [0.05, 0.1) is 12.6 Å². The molecule has 124 valence electrons. The minimum Gasteiger partial charge on any atom is -0.491 e. The van der Waals surface area contributed by atoms with Crippen LogP contribution >= 0.6 is 0 Å². The SMILES string of the molecule is O=C(CNc1cccc(OC[C@@H]2CCCO2)c1)N1CCNC1=O. The molecular weight excluding hydrogens is 298 g/mol. The molecule has 3 rings (SSSR count). The molecule has 2 saturated heterocycles. The Morgan fingerprint density at radius 3 is 3.13 bits per heavy atom. The van der Waals surface area contributed by atoms with Crippen LogP contribution in [0.1, 0.15) is 12.8 Å². The number of ether oxygens (including phenoxy) is 2. The number of hydrogen-bond acceptors (Lipinski definition) is 5. The summed E-state index contributed by atoms with van der Waals surface area (Å²) in [6.07, 6.45) is 2.29. The van der Waals surface area contributed by atoms with Gasteiger partial charge in [-0.2, -0.15) is 0 Å². The van der Waals surface area contributed by atoms with Gasteiger partial charge in [-0.1, -0.05) is 6.07 Å². The van der Waals surface area contributed by atoms with Crippen molar-refractivity contribution in [2.45, 2.75) is 18.9 Å². The molecule has 0 saturated carbocycles. The van der Waals surface area contributed by atoms with Crippen LogP contribution in [0.2, 0.25) is 0 Å². The van der Waals surface area contributed by atoms with E-state index in [-0.39, 0.29) is 24.6 Å². The second kappa shape index (κ2) is 7.32. The van der Waals surface area contributed by atoms with Crippen LogP contribution in [0.3, 0.4) is 0 Å². The number of hydrogen-bond donors (Lipinski definition) is 2. The minimum absolute atomic E-state index is 0.0720. The van der Waals surface area contributed by atoms with Crippen LogP contribution < -0.4 is 15.4 Å². The van der Waals surface area contributed by atoms with Gasteiger partial charge < -0.3 is 20.1 Å². The van der Waals surface area contributed by atoms with E-state index in [0.29, 0.717) is 19.7 Å². The van der Waals surface area contributed by atoms with E-state index in [2.05, 4.69) is 10.6 Å². The predicted octanol–water partition coefficient (Wildman–Crippen LogP) is 1.21. The molecule has 1 aromatic carbocycles. The van der Waals surface area contributed by atoms with Crippen molar-refractivity contribution in [3.8, 4) is 5.75 Å². The van der Waals surface area contributed by atoms with E-state index < -0.39 is 0 Å². The maximum atomic E-state index is 12.0. The lowest BCUT2D eigenvalue weighted by Gasteiger charge is -2.14. The first-order chi connectivity index (χ1) is 11.2. The third-order valence-corrected chi connectivity index (χ3v) is 3.90. The molecule has 0 bridgehead atoms. The summed E-state index contributed by atoms with van der Waals surface area (Å²) in [5, 5.41) is 5.64. The molecule has 2 aliphatic heterocycles. The molecule has 0 spiro atoms. The van der Waals surface area contributed by atoms with Crippen molar-refractivity contribution >= 4 is 17.6 Å². The zero-order chi connectivity index (χ0) is 16.1. The lowest BCUT2D eigenvalue weighted by molar-refractivity contribution is -0.125.